The lowest BCUT2D eigenvalue weighted by Crippen LogP contribution is -2.39. The fourth-order valence-electron chi connectivity index (χ4n) is 2.01. The zero-order valence-electron chi connectivity index (χ0n) is 10.3. The number of aliphatic hydroxyl groups is 1. The molecule has 1 aliphatic heterocycles. The zero-order chi connectivity index (χ0) is 14.0. The highest BCUT2D eigenvalue weighted by Gasteiger charge is 2.46. The van der Waals surface area contributed by atoms with Crippen molar-refractivity contribution in [3.05, 3.63) is 22.7 Å². The van der Waals surface area contributed by atoms with Gasteiger partial charge >= 0.3 is 5.69 Å². The van der Waals surface area contributed by atoms with Crippen molar-refractivity contribution >= 4 is 5.82 Å². The predicted molar refractivity (Wildman–Crippen MR) is 63.8 cm³/mol. The van der Waals surface area contributed by atoms with Crippen molar-refractivity contribution in [2.75, 3.05) is 19.5 Å². The minimum atomic E-state index is -1.01. The molecule has 5 N–H and O–H groups in total. The van der Waals surface area contributed by atoms with E-state index in [2.05, 4.69) is 4.98 Å². The summed E-state index contributed by atoms with van der Waals surface area (Å²) in [5, 5.41) is 9.99. The lowest BCUT2D eigenvalue weighted by Gasteiger charge is -2.19. The molecular formula is C10H16N4O5. The molecule has 0 amide bonds. The van der Waals surface area contributed by atoms with Crippen LogP contribution in [0, 0.1) is 0 Å². The highest BCUT2D eigenvalue weighted by molar-refractivity contribution is 5.23. The first kappa shape index (κ1) is 13.9. The molecule has 2 rings (SSSR count). The number of nitrogens with two attached hydrogens (primary N) is 2. The molecular weight excluding hydrogens is 256 g/mol. The molecule has 0 bridgehead atoms. The van der Waals surface area contributed by atoms with Crippen LogP contribution in [0.1, 0.15) is 6.23 Å². The highest BCUT2D eigenvalue weighted by Crippen LogP contribution is 2.30. The molecule has 1 aliphatic rings. The molecule has 0 aromatic carbocycles. The van der Waals surface area contributed by atoms with Gasteiger partial charge in [0.1, 0.15) is 18.0 Å². The molecule has 1 fully saturated rings. The van der Waals surface area contributed by atoms with Crippen molar-refractivity contribution in [1.29, 1.82) is 0 Å². The van der Waals surface area contributed by atoms with Crippen LogP contribution in [-0.4, -0.2) is 46.7 Å². The fourth-order valence-corrected chi connectivity index (χ4v) is 2.01. The number of hydrogen-bond acceptors (Lipinski definition) is 8. The maximum absolute atomic E-state index is 11.7. The number of hydrogen-bond donors (Lipinski definition) is 3. The van der Waals surface area contributed by atoms with Gasteiger partial charge in [-0.25, -0.2) is 10.7 Å². The number of nitrogen functional groups attached to an aromatic ring is 1. The van der Waals surface area contributed by atoms with Gasteiger partial charge in [0.25, 0.3) is 0 Å². The first-order valence-corrected chi connectivity index (χ1v) is 5.61. The van der Waals surface area contributed by atoms with Crippen molar-refractivity contribution in [3.63, 3.8) is 0 Å². The summed E-state index contributed by atoms with van der Waals surface area (Å²) < 4.78 is 11.6. The highest BCUT2D eigenvalue weighted by atomic mass is 16.7. The van der Waals surface area contributed by atoms with Gasteiger partial charge in [0.2, 0.25) is 0 Å². The molecule has 0 radical (unpaired) electrons. The molecule has 0 saturated carbocycles. The minimum Gasteiger partial charge on any atom is -0.387 e. The van der Waals surface area contributed by atoms with Crippen LogP contribution in [0.4, 0.5) is 5.82 Å². The van der Waals surface area contributed by atoms with Gasteiger partial charge in [0.05, 0.1) is 6.61 Å². The number of aliphatic hydroxyl groups excluding tert-OH is 1. The smallest absolute Gasteiger partial charge is 0.351 e. The Morgan fingerprint density at radius 1 is 1.63 bits per heavy atom. The fraction of sp³-hybridized carbons (Fsp3) is 0.600. The second kappa shape index (κ2) is 5.63. The Balaban J connectivity index is 2.30. The summed E-state index contributed by atoms with van der Waals surface area (Å²) in [5.74, 6) is 5.24. The van der Waals surface area contributed by atoms with Gasteiger partial charge < -0.3 is 20.3 Å². The van der Waals surface area contributed by atoms with E-state index in [1.807, 2.05) is 0 Å². The van der Waals surface area contributed by atoms with E-state index in [9.17, 15) is 9.90 Å². The first-order valence-electron chi connectivity index (χ1n) is 5.61. The molecule has 0 aliphatic carbocycles. The monoisotopic (exact) mass is 272 g/mol. The van der Waals surface area contributed by atoms with E-state index < -0.39 is 30.2 Å². The first-order chi connectivity index (χ1) is 9.08. The topological polar surface area (TPSA) is 135 Å². The maximum atomic E-state index is 11.7. The Kier molecular flexibility index (Phi) is 4.12. The van der Waals surface area contributed by atoms with Crippen molar-refractivity contribution in [1.82, 2.24) is 9.55 Å². The largest absolute Gasteiger partial charge is 0.387 e. The summed E-state index contributed by atoms with van der Waals surface area (Å²) >= 11 is 0. The SMILES string of the molecule is COCC1O[C@H](n2ccc(N)nc2=O)[C@H](ON)[C@@H]1O. The Morgan fingerprint density at radius 2 is 2.37 bits per heavy atom. The lowest BCUT2D eigenvalue weighted by atomic mass is 10.1. The van der Waals surface area contributed by atoms with Crippen LogP contribution in [0.5, 0.6) is 0 Å². The molecule has 9 heteroatoms. The molecule has 1 aromatic heterocycles. The summed E-state index contributed by atoms with van der Waals surface area (Å²) in [6, 6.07) is 1.44. The van der Waals surface area contributed by atoms with Crippen LogP contribution in [0.3, 0.4) is 0 Å². The van der Waals surface area contributed by atoms with Gasteiger partial charge in [-0.3, -0.25) is 9.40 Å². The molecule has 9 nitrogen and oxygen atoms in total. The molecule has 106 valence electrons. The summed E-state index contributed by atoms with van der Waals surface area (Å²) in [6.07, 6.45) is -2.04. The van der Waals surface area contributed by atoms with Gasteiger partial charge in [0.15, 0.2) is 12.3 Å². The Hall–Kier alpha value is -1.52. The Bertz CT molecular complexity index is 493. The van der Waals surface area contributed by atoms with Crippen LogP contribution in [0.2, 0.25) is 0 Å². The Morgan fingerprint density at radius 3 is 2.95 bits per heavy atom. The molecule has 1 aromatic rings. The molecule has 1 unspecified atom stereocenters. The predicted octanol–water partition coefficient (Wildman–Crippen LogP) is -2.01. The van der Waals surface area contributed by atoms with Crippen molar-refractivity contribution < 1.29 is 19.4 Å². The molecule has 19 heavy (non-hydrogen) atoms. The van der Waals surface area contributed by atoms with E-state index in [1.54, 1.807) is 0 Å². The average Bonchev–Trinajstić information content (AvgIpc) is 2.67. The van der Waals surface area contributed by atoms with Gasteiger partial charge in [-0.2, -0.15) is 4.98 Å². The molecule has 1 saturated heterocycles. The lowest BCUT2D eigenvalue weighted by molar-refractivity contribution is -0.0775. The molecule has 4 atom stereocenters. The van der Waals surface area contributed by atoms with E-state index in [0.717, 1.165) is 4.57 Å². The van der Waals surface area contributed by atoms with E-state index in [4.69, 9.17) is 25.9 Å². The van der Waals surface area contributed by atoms with Crippen LogP contribution in [-0.2, 0) is 14.3 Å². The molecule has 0 spiro atoms. The van der Waals surface area contributed by atoms with Gasteiger partial charge in [-0.15, -0.1) is 0 Å². The second-order valence-corrected chi connectivity index (χ2v) is 4.15. The van der Waals surface area contributed by atoms with Crippen LogP contribution < -0.4 is 17.3 Å². The quantitative estimate of drug-likeness (QED) is 0.535. The normalized spacial score (nSPS) is 30.7. The van der Waals surface area contributed by atoms with Gasteiger partial charge in [-0.1, -0.05) is 0 Å². The van der Waals surface area contributed by atoms with Crippen molar-refractivity contribution in [2.45, 2.75) is 24.5 Å². The summed E-state index contributed by atoms with van der Waals surface area (Å²) in [5.41, 5.74) is 4.79. The number of aromatic nitrogens is 2. The average molecular weight is 272 g/mol. The Labute approximate surface area is 108 Å². The third-order valence-electron chi connectivity index (χ3n) is 2.93. The number of anilines is 1. The van der Waals surface area contributed by atoms with Gasteiger partial charge in [-0.05, 0) is 6.07 Å². The number of methoxy groups -OCH3 is 1. The van der Waals surface area contributed by atoms with Crippen molar-refractivity contribution in [3.8, 4) is 0 Å². The maximum Gasteiger partial charge on any atom is 0.351 e. The van der Waals surface area contributed by atoms with E-state index in [0.29, 0.717) is 0 Å². The van der Waals surface area contributed by atoms with E-state index >= 15 is 0 Å². The zero-order valence-corrected chi connectivity index (χ0v) is 10.3. The van der Waals surface area contributed by atoms with Crippen molar-refractivity contribution in [2.24, 2.45) is 5.90 Å². The van der Waals surface area contributed by atoms with E-state index in [-0.39, 0.29) is 12.4 Å². The molecule has 2 heterocycles. The number of ether oxygens (including phenoxy) is 2. The number of nitrogens with zero attached hydrogens (tertiary/aromatic N) is 2. The second-order valence-electron chi connectivity index (χ2n) is 4.15. The standard InChI is InChI=1S/C10H16N4O5/c1-17-4-5-7(15)8(19-12)9(18-5)14-3-2-6(11)13-10(14)16/h2-3,5,7-9,15H,4,12H2,1H3,(H2,11,13,16)/t5?,7-,8-,9+/m1/s1. The summed E-state index contributed by atoms with van der Waals surface area (Å²) in [7, 11) is 1.47. The minimum absolute atomic E-state index is 0.0958. The number of rotatable bonds is 4. The van der Waals surface area contributed by atoms with Gasteiger partial charge in [0, 0.05) is 13.3 Å². The van der Waals surface area contributed by atoms with Crippen LogP contribution >= 0.6 is 0 Å². The third-order valence-corrected chi connectivity index (χ3v) is 2.93. The summed E-state index contributed by atoms with van der Waals surface area (Å²) in [4.78, 5) is 20.0. The summed E-state index contributed by atoms with van der Waals surface area (Å²) in [6.45, 7) is 0.147. The van der Waals surface area contributed by atoms with Crippen LogP contribution in [0.15, 0.2) is 17.1 Å². The van der Waals surface area contributed by atoms with Crippen LogP contribution in [0.25, 0.3) is 0 Å². The van der Waals surface area contributed by atoms with E-state index in [1.165, 1.54) is 19.4 Å². The third kappa shape index (κ3) is 2.60.